The molecule has 2 rings (SSSR count). The highest BCUT2D eigenvalue weighted by molar-refractivity contribution is 5.95. The highest BCUT2D eigenvalue weighted by Crippen LogP contribution is 2.22. The summed E-state index contributed by atoms with van der Waals surface area (Å²) >= 11 is 0. The Kier molecular flexibility index (Phi) is 5.95. The summed E-state index contributed by atoms with van der Waals surface area (Å²) in [6, 6.07) is 11.2. The zero-order valence-electron chi connectivity index (χ0n) is 13.9. The average molecular weight is 329 g/mol. The van der Waals surface area contributed by atoms with Crippen LogP contribution in [0.4, 0.5) is 4.39 Å². The summed E-state index contributed by atoms with van der Waals surface area (Å²) in [7, 11) is 3.07. The summed E-state index contributed by atoms with van der Waals surface area (Å²) in [5.41, 5.74) is 2.29. The van der Waals surface area contributed by atoms with Gasteiger partial charge in [-0.1, -0.05) is 23.8 Å². The van der Waals surface area contributed by atoms with E-state index in [0.29, 0.717) is 23.6 Å². The minimum atomic E-state index is -0.273. The molecule has 1 amide bonds. The Bertz CT molecular complexity index is 717. The van der Waals surface area contributed by atoms with Crippen LogP contribution >= 0.6 is 0 Å². The van der Waals surface area contributed by atoms with Gasteiger partial charge in [-0.3, -0.25) is 4.79 Å². The van der Waals surface area contributed by atoms with Gasteiger partial charge in [-0.25, -0.2) is 4.39 Å². The lowest BCUT2D eigenvalue weighted by molar-refractivity contribution is 0.0956. The van der Waals surface area contributed by atoms with E-state index in [1.807, 2.05) is 13.0 Å². The van der Waals surface area contributed by atoms with Gasteiger partial charge in [-0.2, -0.15) is 0 Å². The van der Waals surface area contributed by atoms with Crippen molar-refractivity contribution in [3.8, 4) is 11.5 Å². The van der Waals surface area contributed by atoms with E-state index in [0.717, 1.165) is 11.1 Å². The third-order valence-electron chi connectivity index (χ3n) is 3.42. The fourth-order valence-corrected chi connectivity index (χ4v) is 2.15. The van der Waals surface area contributed by atoms with Gasteiger partial charge in [-0.15, -0.1) is 0 Å². The number of hydrogen-bond acceptors (Lipinski definition) is 3. The Morgan fingerprint density at radius 1 is 1.08 bits per heavy atom. The first-order valence-corrected chi connectivity index (χ1v) is 7.46. The van der Waals surface area contributed by atoms with Gasteiger partial charge >= 0.3 is 0 Å². The van der Waals surface area contributed by atoms with Crippen LogP contribution in [0.15, 0.2) is 48.0 Å². The van der Waals surface area contributed by atoms with Gasteiger partial charge in [0.05, 0.1) is 14.2 Å². The molecule has 0 aliphatic carbocycles. The van der Waals surface area contributed by atoms with Gasteiger partial charge in [-0.05, 0) is 36.8 Å². The lowest BCUT2D eigenvalue weighted by Crippen LogP contribution is -2.25. The molecule has 4 nitrogen and oxygen atoms in total. The van der Waals surface area contributed by atoms with Crippen LogP contribution in [-0.2, 0) is 0 Å². The van der Waals surface area contributed by atoms with E-state index < -0.39 is 0 Å². The van der Waals surface area contributed by atoms with Crippen LogP contribution in [-0.4, -0.2) is 26.7 Å². The number of nitrogens with one attached hydrogen (secondary N) is 1. The number of halogens is 1. The highest BCUT2D eigenvalue weighted by Gasteiger charge is 2.09. The van der Waals surface area contributed by atoms with Crippen LogP contribution in [0, 0.1) is 5.82 Å². The maximum absolute atomic E-state index is 12.9. The summed E-state index contributed by atoms with van der Waals surface area (Å²) < 4.78 is 23.2. The average Bonchev–Trinajstić information content (AvgIpc) is 2.61. The first kappa shape index (κ1) is 17.5. The fraction of sp³-hybridized carbons (Fsp3) is 0.211. The quantitative estimate of drug-likeness (QED) is 0.879. The zero-order valence-corrected chi connectivity index (χ0v) is 13.9. The molecule has 0 atom stereocenters. The number of benzene rings is 2. The van der Waals surface area contributed by atoms with E-state index in [-0.39, 0.29) is 11.7 Å². The van der Waals surface area contributed by atoms with Crippen LogP contribution < -0.4 is 14.8 Å². The Hall–Kier alpha value is -2.82. The van der Waals surface area contributed by atoms with Crippen molar-refractivity contribution in [1.29, 1.82) is 0 Å². The van der Waals surface area contributed by atoms with E-state index >= 15 is 0 Å². The number of methoxy groups -OCH3 is 2. The van der Waals surface area contributed by atoms with Crippen molar-refractivity contribution in [2.45, 2.75) is 6.92 Å². The maximum Gasteiger partial charge on any atom is 0.251 e. The summed E-state index contributed by atoms with van der Waals surface area (Å²) in [6.45, 7) is 2.28. The van der Waals surface area contributed by atoms with Gasteiger partial charge in [0.1, 0.15) is 17.3 Å². The Morgan fingerprint density at radius 2 is 1.67 bits per heavy atom. The Balaban J connectivity index is 2.03. The zero-order chi connectivity index (χ0) is 17.5. The summed E-state index contributed by atoms with van der Waals surface area (Å²) in [5, 5.41) is 2.84. The number of carbonyl (C=O) groups excluding carboxylic acids is 1. The van der Waals surface area contributed by atoms with Crippen molar-refractivity contribution in [3.05, 3.63) is 65.0 Å². The smallest absolute Gasteiger partial charge is 0.251 e. The normalized spacial score (nSPS) is 11.1. The molecular formula is C19H20FNO3. The number of rotatable bonds is 6. The van der Waals surface area contributed by atoms with E-state index in [4.69, 9.17) is 9.47 Å². The summed E-state index contributed by atoms with van der Waals surface area (Å²) in [4.78, 5) is 12.3. The SMILES string of the molecule is COc1cc(OC)cc(C(=O)NC/C(C)=C/c2ccc(F)cc2)c1. The second kappa shape index (κ2) is 8.15. The molecule has 2 aromatic carbocycles. The molecule has 0 aromatic heterocycles. The van der Waals surface area contributed by atoms with Gasteiger partial charge in [0.2, 0.25) is 0 Å². The van der Waals surface area contributed by atoms with E-state index in [1.165, 1.54) is 26.4 Å². The second-order valence-electron chi connectivity index (χ2n) is 5.33. The van der Waals surface area contributed by atoms with E-state index in [1.54, 1.807) is 30.3 Å². The molecule has 0 heterocycles. The lowest BCUT2D eigenvalue weighted by Gasteiger charge is -2.09. The third kappa shape index (κ3) is 4.84. The summed E-state index contributed by atoms with van der Waals surface area (Å²) in [5.74, 6) is 0.611. The maximum atomic E-state index is 12.9. The number of hydrogen-bond donors (Lipinski definition) is 1. The molecule has 5 heteroatoms. The minimum absolute atomic E-state index is 0.223. The largest absolute Gasteiger partial charge is 0.497 e. The molecule has 0 fully saturated rings. The van der Waals surface area contributed by atoms with Crippen LogP contribution in [0.5, 0.6) is 11.5 Å². The van der Waals surface area contributed by atoms with Crippen molar-refractivity contribution in [2.75, 3.05) is 20.8 Å². The molecule has 0 spiro atoms. The van der Waals surface area contributed by atoms with E-state index in [9.17, 15) is 9.18 Å². The van der Waals surface area contributed by atoms with Crippen molar-refractivity contribution in [2.24, 2.45) is 0 Å². The molecule has 0 saturated heterocycles. The molecule has 1 N–H and O–H groups in total. The molecule has 0 aliphatic heterocycles. The molecule has 0 unspecified atom stereocenters. The van der Waals surface area contributed by atoms with Gasteiger partial charge in [0.25, 0.3) is 5.91 Å². The first-order chi connectivity index (χ1) is 11.5. The Morgan fingerprint density at radius 3 is 2.21 bits per heavy atom. The lowest BCUT2D eigenvalue weighted by atomic mass is 10.1. The van der Waals surface area contributed by atoms with E-state index in [2.05, 4.69) is 5.32 Å². The third-order valence-corrected chi connectivity index (χ3v) is 3.42. The molecular weight excluding hydrogens is 309 g/mol. The van der Waals surface area contributed by atoms with Crippen LogP contribution in [0.25, 0.3) is 6.08 Å². The Labute approximate surface area is 140 Å². The molecule has 0 bridgehead atoms. The van der Waals surface area contributed by atoms with Crippen LogP contribution in [0.3, 0.4) is 0 Å². The second-order valence-corrected chi connectivity index (χ2v) is 5.33. The molecule has 2 aromatic rings. The molecule has 126 valence electrons. The summed E-state index contributed by atoms with van der Waals surface area (Å²) in [6.07, 6.45) is 1.89. The molecule has 0 radical (unpaired) electrons. The molecule has 0 saturated carbocycles. The van der Waals surface area contributed by atoms with Crippen molar-refractivity contribution in [3.63, 3.8) is 0 Å². The van der Waals surface area contributed by atoms with Gasteiger partial charge in [0.15, 0.2) is 0 Å². The minimum Gasteiger partial charge on any atom is -0.497 e. The predicted octanol–water partition coefficient (Wildman–Crippen LogP) is 3.68. The number of carbonyl (C=O) groups is 1. The highest BCUT2D eigenvalue weighted by atomic mass is 19.1. The van der Waals surface area contributed by atoms with Gasteiger partial charge in [0, 0.05) is 18.2 Å². The van der Waals surface area contributed by atoms with Gasteiger partial charge < -0.3 is 14.8 Å². The standard InChI is InChI=1S/C19H20FNO3/c1-13(8-14-4-6-16(20)7-5-14)12-21-19(22)15-9-17(23-2)11-18(10-15)24-3/h4-11H,12H2,1-3H3,(H,21,22)/b13-8+. The van der Waals surface area contributed by atoms with Crippen LogP contribution in [0.2, 0.25) is 0 Å². The van der Waals surface area contributed by atoms with Crippen LogP contribution in [0.1, 0.15) is 22.8 Å². The topological polar surface area (TPSA) is 47.6 Å². The van der Waals surface area contributed by atoms with Crippen molar-refractivity contribution in [1.82, 2.24) is 5.32 Å². The first-order valence-electron chi connectivity index (χ1n) is 7.46. The predicted molar refractivity (Wildman–Crippen MR) is 91.9 cm³/mol. The number of ether oxygens (including phenoxy) is 2. The fourth-order valence-electron chi connectivity index (χ4n) is 2.15. The van der Waals surface area contributed by atoms with Crippen molar-refractivity contribution < 1.29 is 18.7 Å². The number of amides is 1. The molecule has 0 aliphatic rings. The van der Waals surface area contributed by atoms with Crippen molar-refractivity contribution >= 4 is 12.0 Å². The molecule has 24 heavy (non-hydrogen) atoms. The monoisotopic (exact) mass is 329 g/mol.